The fourth-order valence-electron chi connectivity index (χ4n) is 6.49. The van der Waals surface area contributed by atoms with Crippen LogP contribution in [0, 0.1) is 0 Å². The molecule has 340 valence electrons. The molecule has 0 bridgehead atoms. The van der Waals surface area contributed by atoms with Crippen molar-refractivity contribution >= 4 is 19.8 Å². The second-order valence-electron chi connectivity index (χ2n) is 15.9. The molecule has 0 saturated carbocycles. The van der Waals surface area contributed by atoms with Gasteiger partial charge in [0, 0.05) is 13.0 Å². The summed E-state index contributed by atoms with van der Waals surface area (Å²) >= 11 is 0. The molecule has 0 aromatic rings. The number of allylic oxidation sites excluding steroid dienone is 6. The number of unbranched alkanes of at least 4 members (excludes halogenated alkanes) is 25. The Morgan fingerprint density at radius 2 is 0.948 bits per heavy atom. The van der Waals surface area contributed by atoms with E-state index < -0.39 is 45.1 Å². The van der Waals surface area contributed by atoms with Crippen LogP contribution in [0.25, 0.3) is 0 Å². The van der Waals surface area contributed by atoms with Crippen molar-refractivity contribution in [2.45, 2.75) is 225 Å². The summed E-state index contributed by atoms with van der Waals surface area (Å²) in [5.74, 6) is -1.79. The maximum Gasteiger partial charge on any atom is 0.472 e. The SMILES string of the molecule is CCCCCCC/C=C\C/C=C\C/C=C\CCCCCCCCC(=O)OC(COCCCCCCCCCCCCCCCCC)COP(=O)(O)OCC(N)C(=O)O. The van der Waals surface area contributed by atoms with E-state index in [1.165, 1.54) is 116 Å². The third-order valence-electron chi connectivity index (χ3n) is 10.2. The molecular weight excluding hydrogens is 753 g/mol. The normalized spacial score (nSPS) is 14.1. The quantitative estimate of drug-likeness (QED) is 0.0233. The van der Waals surface area contributed by atoms with E-state index >= 15 is 0 Å². The molecule has 3 unspecified atom stereocenters. The van der Waals surface area contributed by atoms with Gasteiger partial charge in [0.15, 0.2) is 0 Å². The predicted molar refractivity (Wildman–Crippen MR) is 240 cm³/mol. The molecule has 4 N–H and O–H groups in total. The number of hydrogen-bond donors (Lipinski definition) is 3. The van der Waals surface area contributed by atoms with Crippen molar-refractivity contribution in [1.29, 1.82) is 0 Å². The van der Waals surface area contributed by atoms with Gasteiger partial charge in [-0.05, 0) is 51.4 Å². The van der Waals surface area contributed by atoms with E-state index in [0.29, 0.717) is 13.0 Å². The highest BCUT2D eigenvalue weighted by atomic mass is 31.2. The van der Waals surface area contributed by atoms with Gasteiger partial charge < -0.3 is 25.2 Å². The molecule has 0 aliphatic heterocycles. The predicted octanol–water partition coefficient (Wildman–Crippen LogP) is 13.3. The van der Waals surface area contributed by atoms with Crippen LogP contribution in [0.5, 0.6) is 0 Å². The van der Waals surface area contributed by atoms with Crippen LogP contribution in [0.4, 0.5) is 0 Å². The summed E-state index contributed by atoms with van der Waals surface area (Å²) in [6, 6.07) is -1.47. The molecule has 0 spiro atoms. The lowest BCUT2D eigenvalue weighted by Gasteiger charge is -2.20. The number of ether oxygens (including phenoxy) is 2. The maximum atomic E-state index is 12.7. The molecule has 10 nitrogen and oxygen atoms in total. The highest BCUT2D eigenvalue weighted by molar-refractivity contribution is 7.47. The molecule has 0 heterocycles. The van der Waals surface area contributed by atoms with Crippen molar-refractivity contribution in [2.24, 2.45) is 5.73 Å². The van der Waals surface area contributed by atoms with E-state index in [1.807, 2.05) is 0 Å². The first-order valence-electron chi connectivity index (χ1n) is 23.5. The van der Waals surface area contributed by atoms with Crippen molar-refractivity contribution in [2.75, 3.05) is 26.4 Å². The zero-order valence-electron chi connectivity index (χ0n) is 37.1. The van der Waals surface area contributed by atoms with Crippen LogP contribution >= 0.6 is 7.82 Å². The van der Waals surface area contributed by atoms with Crippen LogP contribution in [-0.2, 0) is 32.7 Å². The number of rotatable bonds is 45. The Labute approximate surface area is 355 Å². The summed E-state index contributed by atoms with van der Waals surface area (Å²) in [7, 11) is -4.62. The number of phosphoric ester groups is 1. The number of phosphoric acid groups is 1. The van der Waals surface area contributed by atoms with E-state index in [-0.39, 0.29) is 13.0 Å². The highest BCUT2D eigenvalue weighted by Gasteiger charge is 2.27. The molecule has 0 fully saturated rings. The number of carbonyl (C=O) groups excluding carboxylic acids is 1. The standard InChI is InChI=1S/C47H88NO9P/c1-3-5-7-9-11-13-15-17-19-20-21-22-23-24-25-27-29-31-33-35-37-39-46(49)57-44(42-55-58(52,53)56-43-45(48)47(50)51)41-54-40-38-36-34-32-30-28-26-18-16-14-12-10-8-6-4-2/h15,17,20-21,23-24,44-45H,3-14,16,18-19,22,25-43,48H2,1-2H3,(H,50,51)(H,52,53)/b17-15-,21-20-,24-23-. The van der Waals surface area contributed by atoms with Gasteiger partial charge in [-0.25, -0.2) is 4.57 Å². The molecule has 3 atom stereocenters. The van der Waals surface area contributed by atoms with Crippen LogP contribution in [0.2, 0.25) is 0 Å². The fraction of sp³-hybridized carbons (Fsp3) is 0.830. The summed E-state index contributed by atoms with van der Waals surface area (Å²) in [6.45, 7) is 3.88. The van der Waals surface area contributed by atoms with Crippen LogP contribution in [-0.4, -0.2) is 60.5 Å². The number of nitrogens with two attached hydrogens (primary N) is 1. The molecule has 0 rings (SSSR count). The third kappa shape index (κ3) is 42.3. The summed E-state index contributed by atoms with van der Waals surface area (Å²) in [4.78, 5) is 33.6. The minimum atomic E-state index is -4.62. The Bertz CT molecular complexity index is 1070. The molecular formula is C47H88NO9P. The highest BCUT2D eigenvalue weighted by Crippen LogP contribution is 2.43. The third-order valence-corrected chi connectivity index (χ3v) is 11.1. The largest absolute Gasteiger partial charge is 0.480 e. The van der Waals surface area contributed by atoms with Gasteiger partial charge in [-0.15, -0.1) is 0 Å². The monoisotopic (exact) mass is 842 g/mol. The van der Waals surface area contributed by atoms with Crippen LogP contribution in [0.1, 0.15) is 213 Å². The molecule has 0 aromatic carbocycles. The minimum Gasteiger partial charge on any atom is -0.480 e. The second-order valence-corrected chi connectivity index (χ2v) is 17.3. The summed E-state index contributed by atoms with van der Waals surface area (Å²) in [6.07, 6.45) is 49.0. The lowest BCUT2D eigenvalue weighted by Crippen LogP contribution is -2.34. The molecule has 0 aliphatic carbocycles. The summed E-state index contributed by atoms with van der Waals surface area (Å²) < 4.78 is 33.4. The molecule has 11 heteroatoms. The maximum absolute atomic E-state index is 12.7. The number of carboxylic acid groups (broad SMARTS) is 1. The van der Waals surface area contributed by atoms with Crippen molar-refractivity contribution in [3.05, 3.63) is 36.5 Å². The zero-order chi connectivity index (χ0) is 42.6. The molecule has 0 amide bonds. The molecule has 0 saturated heterocycles. The zero-order valence-corrected chi connectivity index (χ0v) is 38.0. The van der Waals surface area contributed by atoms with Crippen molar-refractivity contribution in [1.82, 2.24) is 0 Å². The van der Waals surface area contributed by atoms with Gasteiger partial charge in [0.25, 0.3) is 0 Å². The number of esters is 1. The number of carboxylic acids is 1. The van der Waals surface area contributed by atoms with Crippen molar-refractivity contribution in [3.63, 3.8) is 0 Å². The van der Waals surface area contributed by atoms with Crippen LogP contribution in [0.3, 0.4) is 0 Å². The Hall–Kier alpha value is -1.81. The van der Waals surface area contributed by atoms with Crippen LogP contribution in [0.15, 0.2) is 36.5 Å². The van der Waals surface area contributed by atoms with Gasteiger partial charge in [0.05, 0.1) is 19.8 Å². The summed E-state index contributed by atoms with van der Waals surface area (Å²) in [5.41, 5.74) is 5.36. The Kier molecular flexibility index (Phi) is 41.9. The second kappa shape index (κ2) is 43.3. The number of aliphatic carboxylic acids is 1. The van der Waals surface area contributed by atoms with E-state index in [0.717, 1.165) is 70.6 Å². The minimum absolute atomic E-state index is 0.0143. The lowest BCUT2D eigenvalue weighted by atomic mass is 10.0. The Morgan fingerprint density at radius 1 is 0.552 bits per heavy atom. The average Bonchev–Trinajstić information content (AvgIpc) is 3.20. The summed E-state index contributed by atoms with van der Waals surface area (Å²) in [5, 5.41) is 8.91. The molecule has 0 aliphatic rings. The van der Waals surface area contributed by atoms with E-state index in [4.69, 9.17) is 29.4 Å². The molecule has 58 heavy (non-hydrogen) atoms. The fourth-order valence-corrected chi connectivity index (χ4v) is 7.27. The first kappa shape index (κ1) is 56.2. The molecule has 0 aromatic heterocycles. The first-order valence-corrected chi connectivity index (χ1v) is 25.0. The number of hydrogen-bond acceptors (Lipinski definition) is 8. The Morgan fingerprint density at radius 3 is 1.41 bits per heavy atom. The van der Waals surface area contributed by atoms with Gasteiger partial charge in [0.2, 0.25) is 0 Å². The van der Waals surface area contributed by atoms with Gasteiger partial charge >= 0.3 is 19.8 Å². The van der Waals surface area contributed by atoms with E-state index in [1.54, 1.807) is 0 Å². The first-order chi connectivity index (χ1) is 28.2. The molecule has 0 radical (unpaired) electrons. The number of carbonyl (C=O) groups is 2. The van der Waals surface area contributed by atoms with Crippen molar-refractivity contribution < 1.29 is 42.7 Å². The van der Waals surface area contributed by atoms with Gasteiger partial charge in [0.1, 0.15) is 12.1 Å². The topological polar surface area (TPSA) is 155 Å². The lowest BCUT2D eigenvalue weighted by molar-refractivity contribution is -0.154. The van der Waals surface area contributed by atoms with Gasteiger partial charge in [-0.1, -0.05) is 192 Å². The average molecular weight is 842 g/mol. The van der Waals surface area contributed by atoms with Crippen molar-refractivity contribution in [3.8, 4) is 0 Å². The van der Waals surface area contributed by atoms with Crippen LogP contribution < -0.4 is 5.73 Å². The van der Waals surface area contributed by atoms with Gasteiger partial charge in [-0.2, -0.15) is 0 Å². The Balaban J connectivity index is 4.21. The smallest absolute Gasteiger partial charge is 0.472 e. The van der Waals surface area contributed by atoms with E-state index in [9.17, 15) is 19.0 Å². The van der Waals surface area contributed by atoms with Gasteiger partial charge in [-0.3, -0.25) is 18.6 Å². The van der Waals surface area contributed by atoms with E-state index in [2.05, 4.69) is 50.3 Å².